The van der Waals surface area contributed by atoms with Crippen LogP contribution in [0.5, 0.6) is 11.5 Å². The molecular formula is C52H53FN6O9. The highest BCUT2D eigenvalue weighted by atomic mass is 19.1. The molecule has 5 aliphatic heterocycles. The van der Waals surface area contributed by atoms with Crippen LogP contribution in [0.3, 0.4) is 0 Å². The van der Waals surface area contributed by atoms with Crippen molar-refractivity contribution in [3.05, 3.63) is 120 Å². The number of alkyl carbamates (subject to hydrolysis) is 1. The summed E-state index contributed by atoms with van der Waals surface area (Å²) in [5.74, 6) is -1.94. The number of esters is 1. The van der Waals surface area contributed by atoms with Crippen molar-refractivity contribution in [3.8, 4) is 22.9 Å². The zero-order chi connectivity index (χ0) is 47.4. The standard InChI is InChI=1S/C52H53FN6O9/c1-5-31-34-14-41-48-36(21-59(41)50(64)37(34)23-67-51(31)65)47-39(9-8-32-26(4)38(53)15-40(54-48)46(32)47)55-52(66)68-24-45(62)58-11-10-29-18-56(22-42(29)58)17-27-6-7-28-19-57(20-30(28)12-27)49(63)35-13-33(25(2)3)43(60)16-44(35)61/h6-7,12-16,25,29,31,39,42,60-61H,5,8-11,17-24H2,1-4H3,(H,55,66). The second-order valence-electron chi connectivity index (χ2n) is 19.7. The first-order chi connectivity index (χ1) is 32.7. The van der Waals surface area contributed by atoms with Gasteiger partial charge in [0, 0.05) is 68.4 Å². The molecule has 68 heavy (non-hydrogen) atoms. The molecule has 5 aromatic rings. The molecule has 3 aromatic carbocycles. The number of benzene rings is 3. The minimum atomic E-state index is -0.755. The maximum absolute atomic E-state index is 15.4. The highest BCUT2D eigenvalue weighted by Crippen LogP contribution is 2.46. The fourth-order valence-corrected chi connectivity index (χ4v) is 11.9. The number of hydrogen-bond donors (Lipinski definition) is 3. The molecule has 16 heteroatoms. The maximum atomic E-state index is 15.4. The van der Waals surface area contributed by atoms with Crippen molar-refractivity contribution in [1.82, 2.24) is 29.6 Å². The fourth-order valence-electron chi connectivity index (χ4n) is 11.9. The molecular weight excluding hydrogens is 872 g/mol. The Bertz CT molecular complexity index is 3090. The van der Waals surface area contributed by atoms with Crippen LogP contribution in [0.15, 0.2) is 47.3 Å². The van der Waals surface area contributed by atoms with E-state index < -0.39 is 24.7 Å². The summed E-state index contributed by atoms with van der Waals surface area (Å²) in [6.45, 7) is 10.6. The number of carbonyl (C=O) groups is 4. The van der Waals surface area contributed by atoms with Crippen molar-refractivity contribution in [1.29, 1.82) is 0 Å². The number of nitrogens with one attached hydrogen (secondary N) is 1. The first-order valence-electron chi connectivity index (χ1n) is 23.7. The minimum Gasteiger partial charge on any atom is -0.508 e. The van der Waals surface area contributed by atoms with E-state index in [2.05, 4.69) is 28.4 Å². The summed E-state index contributed by atoms with van der Waals surface area (Å²) in [6, 6.07) is 11.7. The van der Waals surface area contributed by atoms with E-state index >= 15 is 4.39 Å². The van der Waals surface area contributed by atoms with Crippen LogP contribution in [0.2, 0.25) is 0 Å². The monoisotopic (exact) mass is 924 g/mol. The number of pyridine rings is 2. The van der Waals surface area contributed by atoms with E-state index in [0.717, 1.165) is 51.7 Å². The lowest BCUT2D eigenvalue weighted by molar-refractivity contribution is -0.148. The number of aromatic hydroxyl groups is 2. The third kappa shape index (κ3) is 7.09. The largest absolute Gasteiger partial charge is 0.508 e. The van der Waals surface area contributed by atoms with Crippen LogP contribution in [0, 0.1) is 18.7 Å². The van der Waals surface area contributed by atoms with Crippen molar-refractivity contribution in [3.63, 3.8) is 0 Å². The van der Waals surface area contributed by atoms with Gasteiger partial charge in [0.2, 0.25) is 0 Å². The highest BCUT2D eigenvalue weighted by molar-refractivity contribution is 5.98. The zero-order valence-corrected chi connectivity index (χ0v) is 38.5. The highest BCUT2D eigenvalue weighted by Gasteiger charge is 2.44. The molecule has 352 valence electrons. The number of phenolic OH excluding ortho intramolecular Hbond substituents is 2. The van der Waals surface area contributed by atoms with Crippen LogP contribution in [-0.2, 0) is 58.3 Å². The number of cyclic esters (lactones) is 1. The van der Waals surface area contributed by atoms with Crippen molar-refractivity contribution >= 4 is 34.8 Å². The van der Waals surface area contributed by atoms with Crippen LogP contribution in [-0.4, -0.2) is 90.6 Å². The van der Waals surface area contributed by atoms with Gasteiger partial charge >= 0.3 is 12.1 Å². The van der Waals surface area contributed by atoms with Crippen molar-refractivity contribution in [2.24, 2.45) is 5.92 Å². The summed E-state index contributed by atoms with van der Waals surface area (Å²) in [6.07, 6.45) is 1.45. The van der Waals surface area contributed by atoms with Gasteiger partial charge < -0.3 is 39.4 Å². The SMILES string of the molecule is CCC1C(=O)OCc2c1cc1n(c2=O)Cc2c-1nc1cc(F)c(C)c3c1c2C(NC(=O)OCC(=O)N1CCC2CN(Cc4ccc5c(c4)CN(C(=O)c4cc(C(C)C)c(O)cc4O)C5)CC21)CC3. The molecule has 7 heterocycles. The third-order valence-corrected chi connectivity index (χ3v) is 15.4. The van der Waals surface area contributed by atoms with E-state index in [9.17, 15) is 34.2 Å². The molecule has 4 unspecified atom stereocenters. The predicted molar refractivity (Wildman–Crippen MR) is 246 cm³/mol. The fraction of sp³-hybridized carbons (Fsp3) is 0.423. The third-order valence-electron chi connectivity index (χ3n) is 15.4. The Hall–Kier alpha value is -6.81. The Morgan fingerprint density at radius 1 is 0.971 bits per heavy atom. The molecule has 2 fully saturated rings. The van der Waals surface area contributed by atoms with Crippen LogP contribution in [0.4, 0.5) is 9.18 Å². The number of ether oxygens (including phenoxy) is 2. The number of amides is 3. The van der Waals surface area contributed by atoms with Gasteiger partial charge in [-0.15, -0.1) is 0 Å². The summed E-state index contributed by atoms with van der Waals surface area (Å²) < 4.78 is 28.1. The maximum Gasteiger partial charge on any atom is 0.408 e. The first-order valence-corrected chi connectivity index (χ1v) is 23.7. The van der Waals surface area contributed by atoms with E-state index in [-0.39, 0.29) is 77.3 Å². The molecule has 0 bridgehead atoms. The molecule has 2 aromatic heterocycles. The Morgan fingerprint density at radius 2 is 1.78 bits per heavy atom. The van der Waals surface area contributed by atoms with Crippen LogP contribution < -0.4 is 10.9 Å². The number of aryl methyl sites for hydroxylation is 1. The lowest BCUT2D eigenvalue weighted by atomic mass is 9.81. The van der Waals surface area contributed by atoms with Crippen molar-refractivity contribution < 1.29 is 43.3 Å². The second kappa shape index (κ2) is 16.5. The van der Waals surface area contributed by atoms with Gasteiger partial charge in [-0.3, -0.25) is 24.1 Å². The average Bonchev–Trinajstić information content (AvgIpc) is 4.10. The quantitative estimate of drug-likeness (QED) is 0.141. The Balaban J connectivity index is 0.749. The number of fused-ring (bicyclic) bond motifs is 7. The summed E-state index contributed by atoms with van der Waals surface area (Å²) >= 11 is 0. The molecule has 3 amide bonds. The van der Waals surface area contributed by atoms with Gasteiger partial charge in [-0.05, 0) is 101 Å². The molecule has 3 N–H and O–H groups in total. The normalized spacial score (nSPS) is 21.1. The van der Waals surface area contributed by atoms with E-state index in [4.69, 9.17) is 14.5 Å². The lowest BCUT2D eigenvalue weighted by Gasteiger charge is -2.29. The second-order valence-corrected chi connectivity index (χ2v) is 19.7. The molecule has 1 aliphatic carbocycles. The number of likely N-dealkylation sites (tertiary alicyclic amines) is 2. The number of aromatic nitrogens is 2. The van der Waals surface area contributed by atoms with Gasteiger partial charge in [-0.2, -0.15) is 0 Å². The van der Waals surface area contributed by atoms with E-state index in [1.807, 2.05) is 31.7 Å². The molecule has 15 nitrogen and oxygen atoms in total. The molecule has 4 atom stereocenters. The summed E-state index contributed by atoms with van der Waals surface area (Å²) in [7, 11) is 0. The van der Waals surface area contributed by atoms with Gasteiger partial charge in [0.05, 0.1) is 46.5 Å². The van der Waals surface area contributed by atoms with Gasteiger partial charge in [0.15, 0.2) is 6.61 Å². The Kier molecular flexibility index (Phi) is 10.6. The van der Waals surface area contributed by atoms with E-state index in [0.29, 0.717) is 91.1 Å². The van der Waals surface area contributed by atoms with Crippen LogP contribution >= 0.6 is 0 Å². The zero-order valence-electron chi connectivity index (χ0n) is 38.5. The van der Waals surface area contributed by atoms with E-state index in [1.165, 1.54) is 12.1 Å². The van der Waals surface area contributed by atoms with Gasteiger partial charge in [0.25, 0.3) is 17.4 Å². The minimum absolute atomic E-state index is 0.0235. The smallest absolute Gasteiger partial charge is 0.408 e. The van der Waals surface area contributed by atoms with Crippen LogP contribution in [0.25, 0.3) is 22.3 Å². The Labute approximate surface area is 391 Å². The summed E-state index contributed by atoms with van der Waals surface area (Å²) in [5.41, 5.74) is 8.99. The number of phenols is 2. The molecule has 0 radical (unpaired) electrons. The molecule has 6 aliphatic rings. The van der Waals surface area contributed by atoms with Crippen molar-refractivity contribution in [2.45, 2.75) is 110 Å². The number of nitrogens with zero attached hydrogens (tertiary/aromatic N) is 5. The number of carbonyl (C=O) groups excluding carboxylic acids is 4. The predicted octanol–water partition coefficient (Wildman–Crippen LogP) is 6.56. The van der Waals surface area contributed by atoms with Crippen LogP contribution in [0.1, 0.15) is 124 Å². The van der Waals surface area contributed by atoms with Gasteiger partial charge in [-0.25, -0.2) is 14.2 Å². The first kappa shape index (κ1) is 43.7. The summed E-state index contributed by atoms with van der Waals surface area (Å²) in [5, 5.41) is 24.6. The number of rotatable bonds is 8. The molecule has 0 saturated carbocycles. The topological polar surface area (TPSA) is 184 Å². The molecule has 2 saturated heterocycles. The molecule has 0 spiro atoms. The number of halogens is 1. The van der Waals surface area contributed by atoms with E-state index in [1.54, 1.807) is 22.5 Å². The number of hydrogen-bond acceptors (Lipinski definition) is 11. The van der Waals surface area contributed by atoms with Gasteiger partial charge in [-0.1, -0.05) is 39.0 Å². The van der Waals surface area contributed by atoms with Crippen molar-refractivity contribution in [2.75, 3.05) is 26.2 Å². The Morgan fingerprint density at radius 3 is 2.57 bits per heavy atom. The average molecular weight is 925 g/mol. The lowest BCUT2D eigenvalue weighted by Crippen LogP contribution is -2.42. The summed E-state index contributed by atoms with van der Waals surface area (Å²) in [4.78, 5) is 78.5. The molecule has 11 rings (SSSR count). The van der Waals surface area contributed by atoms with Gasteiger partial charge in [0.1, 0.15) is 23.9 Å².